The fourth-order valence-electron chi connectivity index (χ4n) is 2.89. The first-order valence-corrected chi connectivity index (χ1v) is 8.91. The maximum atomic E-state index is 13.3. The number of amides is 1. The number of hydrogen-bond donors (Lipinski definition) is 2. The first-order chi connectivity index (χ1) is 12.7. The fraction of sp³-hybridized carbons (Fsp3) is 0.350. The average Bonchev–Trinajstić information content (AvgIpc) is 3.47. The lowest BCUT2D eigenvalue weighted by Crippen LogP contribution is -2.34. The van der Waals surface area contributed by atoms with Gasteiger partial charge in [0.05, 0.1) is 13.2 Å². The van der Waals surface area contributed by atoms with Crippen molar-refractivity contribution < 1.29 is 18.7 Å². The average molecular weight is 356 g/mol. The quantitative estimate of drug-likeness (QED) is 0.862. The second-order valence-electron chi connectivity index (χ2n) is 6.62. The van der Waals surface area contributed by atoms with Gasteiger partial charge in [-0.3, -0.25) is 4.79 Å². The Morgan fingerprint density at radius 3 is 2.50 bits per heavy atom. The minimum absolute atomic E-state index is 0.119. The molecular formula is C20H21FN2O3. The van der Waals surface area contributed by atoms with Gasteiger partial charge in [-0.1, -0.05) is 12.1 Å². The molecule has 6 heteroatoms. The smallest absolute Gasteiger partial charge is 0.247 e. The molecule has 1 aliphatic heterocycles. The molecule has 4 rings (SSSR count). The first kappa shape index (κ1) is 16.7. The van der Waals surface area contributed by atoms with Crippen LogP contribution in [0, 0.1) is 5.82 Å². The molecule has 1 atom stereocenters. The number of ether oxygens (including phenoxy) is 2. The first-order valence-electron chi connectivity index (χ1n) is 8.91. The van der Waals surface area contributed by atoms with Gasteiger partial charge in [0.25, 0.3) is 0 Å². The van der Waals surface area contributed by atoms with E-state index in [4.69, 9.17) is 9.47 Å². The van der Waals surface area contributed by atoms with Crippen LogP contribution in [0.1, 0.15) is 30.9 Å². The number of rotatable bonds is 5. The summed E-state index contributed by atoms with van der Waals surface area (Å²) in [6.45, 7) is 1.22. The van der Waals surface area contributed by atoms with Crippen molar-refractivity contribution in [3.05, 3.63) is 53.8 Å². The molecule has 136 valence electrons. The molecule has 0 bridgehead atoms. The van der Waals surface area contributed by atoms with Crippen LogP contribution in [0.2, 0.25) is 0 Å². The van der Waals surface area contributed by atoms with Gasteiger partial charge in [-0.15, -0.1) is 0 Å². The Kier molecular flexibility index (Phi) is 4.65. The van der Waals surface area contributed by atoms with Crippen LogP contribution in [0.5, 0.6) is 11.5 Å². The van der Waals surface area contributed by atoms with E-state index in [9.17, 15) is 9.18 Å². The van der Waals surface area contributed by atoms with Gasteiger partial charge >= 0.3 is 0 Å². The van der Waals surface area contributed by atoms with E-state index in [1.807, 2.05) is 18.2 Å². The number of carbonyl (C=O) groups excluding carboxylic acids is 1. The minimum Gasteiger partial charge on any atom is -0.490 e. The van der Waals surface area contributed by atoms with E-state index in [-0.39, 0.29) is 17.8 Å². The molecular weight excluding hydrogens is 335 g/mol. The number of nitrogens with one attached hydrogen (secondary N) is 2. The zero-order chi connectivity index (χ0) is 17.9. The molecule has 2 N–H and O–H groups in total. The lowest BCUT2D eigenvalue weighted by molar-refractivity contribution is -0.122. The molecule has 0 unspecified atom stereocenters. The predicted octanol–water partition coefficient (Wildman–Crippen LogP) is 3.42. The van der Waals surface area contributed by atoms with Gasteiger partial charge in [-0.2, -0.15) is 0 Å². The lowest BCUT2D eigenvalue weighted by atomic mass is 10.1. The molecule has 1 aliphatic carbocycles. The van der Waals surface area contributed by atoms with E-state index < -0.39 is 6.04 Å². The highest BCUT2D eigenvalue weighted by Crippen LogP contribution is 2.34. The predicted molar refractivity (Wildman–Crippen MR) is 96.0 cm³/mol. The number of carbonyl (C=O) groups is 1. The van der Waals surface area contributed by atoms with E-state index in [2.05, 4.69) is 10.6 Å². The molecule has 5 nitrogen and oxygen atoms in total. The van der Waals surface area contributed by atoms with Crippen LogP contribution in [0.15, 0.2) is 42.5 Å². The summed E-state index contributed by atoms with van der Waals surface area (Å²) in [5.41, 5.74) is 1.45. The summed E-state index contributed by atoms with van der Waals surface area (Å²) in [7, 11) is 0. The van der Waals surface area contributed by atoms with Crippen LogP contribution >= 0.6 is 0 Å². The Labute approximate surface area is 151 Å². The lowest BCUT2D eigenvalue weighted by Gasteiger charge is -2.21. The Morgan fingerprint density at radius 1 is 1.04 bits per heavy atom. The maximum absolute atomic E-state index is 13.3. The number of halogens is 1. The van der Waals surface area contributed by atoms with E-state index >= 15 is 0 Å². The van der Waals surface area contributed by atoms with Gasteiger partial charge in [0.15, 0.2) is 11.5 Å². The normalized spacial score (nSPS) is 17.1. The van der Waals surface area contributed by atoms with Crippen molar-refractivity contribution in [2.75, 3.05) is 18.5 Å². The van der Waals surface area contributed by atoms with Crippen molar-refractivity contribution in [2.45, 2.75) is 31.3 Å². The Morgan fingerprint density at radius 2 is 1.77 bits per heavy atom. The van der Waals surface area contributed by atoms with Gasteiger partial charge in [0, 0.05) is 24.2 Å². The highest BCUT2D eigenvalue weighted by Gasteiger charge is 2.28. The summed E-state index contributed by atoms with van der Waals surface area (Å²) in [4.78, 5) is 12.7. The molecule has 26 heavy (non-hydrogen) atoms. The zero-order valence-corrected chi connectivity index (χ0v) is 14.3. The largest absolute Gasteiger partial charge is 0.490 e. The zero-order valence-electron chi connectivity index (χ0n) is 14.3. The van der Waals surface area contributed by atoms with Crippen molar-refractivity contribution >= 4 is 11.6 Å². The summed E-state index contributed by atoms with van der Waals surface area (Å²) >= 11 is 0. The fourth-order valence-corrected chi connectivity index (χ4v) is 2.89. The standard InChI is InChI=1S/C20H21FN2O3/c21-14-4-2-13(3-5-14)19(20(24)23-15-6-7-15)22-16-8-9-17-18(12-16)26-11-1-10-25-17/h2-5,8-9,12,15,19,22H,1,6-7,10-11H2,(H,23,24)/t19-/m0/s1. The second-order valence-corrected chi connectivity index (χ2v) is 6.62. The maximum Gasteiger partial charge on any atom is 0.247 e. The molecule has 2 aromatic rings. The van der Waals surface area contributed by atoms with E-state index in [0.29, 0.717) is 30.3 Å². The number of anilines is 1. The van der Waals surface area contributed by atoms with Crippen molar-refractivity contribution in [3.63, 3.8) is 0 Å². The van der Waals surface area contributed by atoms with Gasteiger partial charge in [0.1, 0.15) is 11.9 Å². The van der Waals surface area contributed by atoms with Crippen LogP contribution in [-0.2, 0) is 4.79 Å². The highest BCUT2D eigenvalue weighted by molar-refractivity contribution is 5.86. The number of hydrogen-bond acceptors (Lipinski definition) is 4. The van der Waals surface area contributed by atoms with Crippen LogP contribution in [0.4, 0.5) is 10.1 Å². The summed E-state index contributed by atoms with van der Waals surface area (Å²) in [5.74, 6) is 0.915. The van der Waals surface area contributed by atoms with Gasteiger partial charge in [-0.05, 0) is 42.7 Å². The summed E-state index contributed by atoms with van der Waals surface area (Å²) in [6, 6.07) is 11.1. The minimum atomic E-state index is -0.610. The second kappa shape index (κ2) is 7.23. The third kappa shape index (κ3) is 3.90. The molecule has 0 aromatic heterocycles. The van der Waals surface area contributed by atoms with Crippen LogP contribution in [-0.4, -0.2) is 25.2 Å². The van der Waals surface area contributed by atoms with Gasteiger partial charge in [0.2, 0.25) is 5.91 Å². The molecule has 1 heterocycles. The molecule has 1 amide bonds. The monoisotopic (exact) mass is 356 g/mol. The van der Waals surface area contributed by atoms with Crippen molar-refractivity contribution in [1.82, 2.24) is 5.32 Å². The third-order valence-corrected chi connectivity index (χ3v) is 4.45. The molecule has 2 aromatic carbocycles. The molecule has 1 fully saturated rings. The van der Waals surface area contributed by atoms with Crippen LogP contribution in [0.3, 0.4) is 0 Å². The third-order valence-electron chi connectivity index (χ3n) is 4.45. The Balaban J connectivity index is 1.58. The van der Waals surface area contributed by atoms with E-state index in [0.717, 1.165) is 24.9 Å². The molecule has 0 radical (unpaired) electrons. The summed E-state index contributed by atoms with van der Waals surface area (Å²) in [6.07, 6.45) is 2.84. The summed E-state index contributed by atoms with van der Waals surface area (Å²) < 4.78 is 24.6. The number of benzene rings is 2. The van der Waals surface area contributed by atoms with Crippen molar-refractivity contribution in [2.24, 2.45) is 0 Å². The molecule has 2 aliphatic rings. The molecule has 0 spiro atoms. The Hall–Kier alpha value is -2.76. The van der Waals surface area contributed by atoms with Crippen molar-refractivity contribution in [3.8, 4) is 11.5 Å². The van der Waals surface area contributed by atoms with Crippen LogP contribution < -0.4 is 20.1 Å². The molecule has 0 saturated heterocycles. The SMILES string of the molecule is O=C(NC1CC1)[C@@H](Nc1ccc2c(c1)OCCCO2)c1ccc(F)cc1. The van der Waals surface area contributed by atoms with Crippen molar-refractivity contribution in [1.29, 1.82) is 0 Å². The summed E-state index contributed by atoms with van der Waals surface area (Å²) in [5, 5.41) is 6.26. The van der Waals surface area contributed by atoms with Gasteiger partial charge in [-0.25, -0.2) is 4.39 Å². The van der Waals surface area contributed by atoms with E-state index in [1.54, 1.807) is 12.1 Å². The molecule has 1 saturated carbocycles. The van der Waals surface area contributed by atoms with E-state index in [1.165, 1.54) is 12.1 Å². The Bertz CT molecular complexity index is 790. The number of fused-ring (bicyclic) bond motifs is 1. The highest BCUT2D eigenvalue weighted by atomic mass is 19.1. The topological polar surface area (TPSA) is 59.6 Å². The van der Waals surface area contributed by atoms with Crippen LogP contribution in [0.25, 0.3) is 0 Å². The van der Waals surface area contributed by atoms with Gasteiger partial charge < -0.3 is 20.1 Å².